The van der Waals surface area contributed by atoms with Gasteiger partial charge in [-0.25, -0.2) is 0 Å². The molecule has 17 heavy (non-hydrogen) atoms. The van der Waals surface area contributed by atoms with E-state index in [4.69, 9.17) is 10.9 Å². The minimum Gasteiger partial charge on any atom is -0.409 e. The summed E-state index contributed by atoms with van der Waals surface area (Å²) in [4.78, 5) is 13.5. The van der Waals surface area contributed by atoms with E-state index in [-0.39, 0.29) is 11.7 Å². The number of carbonyl (C=O) groups is 1. The van der Waals surface area contributed by atoms with Gasteiger partial charge in [-0.3, -0.25) is 4.79 Å². The lowest BCUT2D eigenvalue weighted by molar-refractivity contribution is -0.132. The van der Waals surface area contributed by atoms with E-state index < -0.39 is 5.92 Å². The summed E-state index contributed by atoms with van der Waals surface area (Å²) in [7, 11) is 1.69. The van der Waals surface area contributed by atoms with Crippen LogP contribution in [0.3, 0.4) is 0 Å². The summed E-state index contributed by atoms with van der Waals surface area (Å²) in [6.07, 6.45) is 0. The first-order chi connectivity index (χ1) is 7.95. The second kappa shape index (κ2) is 6.02. The van der Waals surface area contributed by atoms with E-state index in [2.05, 4.69) is 21.1 Å². The minimum atomic E-state index is -0.618. The summed E-state index contributed by atoms with van der Waals surface area (Å²) in [5, 5.41) is 13.3. The largest absolute Gasteiger partial charge is 0.409 e. The molecule has 0 radical (unpaired) electrons. The van der Waals surface area contributed by atoms with Crippen molar-refractivity contribution in [1.29, 1.82) is 0 Å². The number of hydrogen-bond donors (Lipinski definition) is 2. The van der Waals surface area contributed by atoms with Gasteiger partial charge in [0.15, 0.2) is 5.84 Å². The average Bonchev–Trinajstić information content (AvgIpc) is 2.71. The Kier molecular flexibility index (Phi) is 4.95. The molecule has 1 heterocycles. The van der Waals surface area contributed by atoms with Crippen LogP contribution in [0.1, 0.15) is 12.5 Å². The van der Waals surface area contributed by atoms with E-state index in [1.807, 2.05) is 11.4 Å². The van der Waals surface area contributed by atoms with Gasteiger partial charge in [0.25, 0.3) is 0 Å². The van der Waals surface area contributed by atoms with Gasteiger partial charge in [0, 0.05) is 13.6 Å². The summed E-state index contributed by atoms with van der Waals surface area (Å²) in [5.74, 6) is -0.872. The molecule has 1 unspecified atom stereocenters. The molecule has 0 aliphatic rings. The molecular weight excluding hydrogens is 306 g/mol. The van der Waals surface area contributed by atoms with Gasteiger partial charge < -0.3 is 15.8 Å². The van der Waals surface area contributed by atoms with Gasteiger partial charge in [-0.05, 0) is 39.9 Å². The average molecular weight is 320 g/mol. The van der Waals surface area contributed by atoms with Crippen LogP contribution >= 0.6 is 27.3 Å². The first kappa shape index (κ1) is 14.0. The van der Waals surface area contributed by atoms with Crippen LogP contribution in [-0.4, -0.2) is 28.9 Å². The van der Waals surface area contributed by atoms with Gasteiger partial charge in [-0.15, -0.1) is 11.3 Å². The molecule has 3 N–H and O–H groups in total. The van der Waals surface area contributed by atoms with Crippen LogP contribution in [0.5, 0.6) is 0 Å². The van der Waals surface area contributed by atoms with Crippen molar-refractivity contribution in [1.82, 2.24) is 4.90 Å². The van der Waals surface area contributed by atoms with E-state index in [0.29, 0.717) is 6.54 Å². The molecule has 1 rings (SSSR count). The molecule has 1 amide bonds. The molecule has 0 saturated heterocycles. The normalized spacial score (nSPS) is 13.5. The lowest BCUT2D eigenvalue weighted by Crippen LogP contribution is -2.38. The third-order valence-corrected chi connectivity index (χ3v) is 3.90. The fourth-order valence-electron chi connectivity index (χ4n) is 1.32. The first-order valence-electron chi connectivity index (χ1n) is 4.91. The predicted molar refractivity (Wildman–Crippen MR) is 71.1 cm³/mol. The van der Waals surface area contributed by atoms with Crippen LogP contribution in [0.25, 0.3) is 0 Å². The van der Waals surface area contributed by atoms with Crippen LogP contribution in [-0.2, 0) is 11.3 Å². The molecule has 0 bridgehead atoms. The molecule has 1 atom stereocenters. The molecule has 5 nitrogen and oxygen atoms in total. The molecule has 1 aromatic heterocycles. The highest BCUT2D eigenvalue weighted by molar-refractivity contribution is 9.11. The Hall–Kier alpha value is -1.08. The molecule has 0 aliphatic heterocycles. The van der Waals surface area contributed by atoms with Crippen LogP contribution in [0, 0.1) is 5.92 Å². The molecule has 0 saturated carbocycles. The number of amidine groups is 1. The highest BCUT2D eigenvalue weighted by Crippen LogP contribution is 2.21. The maximum atomic E-state index is 11.9. The predicted octanol–water partition coefficient (Wildman–Crippen LogP) is 1.85. The standard InChI is InChI=1S/C10H14BrN3O2S/c1-6(9(12)13-16)10(15)14(2)4-7-3-8(11)17-5-7/h3,5-6,16H,4H2,1-2H3,(H2,12,13). The van der Waals surface area contributed by atoms with Crippen LogP contribution in [0.15, 0.2) is 20.4 Å². The number of halogens is 1. The zero-order chi connectivity index (χ0) is 13.0. The Morgan fingerprint density at radius 3 is 2.88 bits per heavy atom. The van der Waals surface area contributed by atoms with E-state index in [1.165, 1.54) is 0 Å². The zero-order valence-electron chi connectivity index (χ0n) is 9.55. The third-order valence-electron chi connectivity index (χ3n) is 2.35. The first-order valence-corrected chi connectivity index (χ1v) is 6.58. The Bertz CT molecular complexity index is 433. The summed E-state index contributed by atoms with van der Waals surface area (Å²) in [5.41, 5.74) is 6.45. The molecule has 0 aromatic carbocycles. The monoisotopic (exact) mass is 319 g/mol. The number of oxime groups is 1. The van der Waals surface area contributed by atoms with Gasteiger partial charge in [0.1, 0.15) is 0 Å². The smallest absolute Gasteiger partial charge is 0.233 e. The fraction of sp³-hybridized carbons (Fsp3) is 0.400. The molecular formula is C10H14BrN3O2S. The van der Waals surface area contributed by atoms with Crippen LogP contribution in [0.2, 0.25) is 0 Å². The van der Waals surface area contributed by atoms with Gasteiger partial charge >= 0.3 is 0 Å². The van der Waals surface area contributed by atoms with Crippen LogP contribution in [0.4, 0.5) is 0 Å². The minimum absolute atomic E-state index is 0.0756. The van der Waals surface area contributed by atoms with E-state index in [1.54, 1.807) is 30.2 Å². The number of hydrogen-bond acceptors (Lipinski definition) is 4. The van der Waals surface area contributed by atoms with Crippen molar-refractivity contribution in [3.8, 4) is 0 Å². The van der Waals surface area contributed by atoms with Gasteiger partial charge in [-0.2, -0.15) is 0 Å². The van der Waals surface area contributed by atoms with Gasteiger partial charge in [0.2, 0.25) is 5.91 Å². The van der Waals surface area contributed by atoms with Crippen molar-refractivity contribution >= 4 is 39.0 Å². The second-order valence-electron chi connectivity index (χ2n) is 3.70. The maximum Gasteiger partial charge on any atom is 0.233 e. The number of nitrogens with two attached hydrogens (primary N) is 1. The number of amides is 1. The second-order valence-corrected chi connectivity index (χ2v) is 5.99. The Morgan fingerprint density at radius 2 is 2.41 bits per heavy atom. The van der Waals surface area contributed by atoms with Crippen molar-refractivity contribution in [2.45, 2.75) is 13.5 Å². The number of rotatable bonds is 4. The third kappa shape index (κ3) is 3.71. The van der Waals surface area contributed by atoms with Crippen molar-refractivity contribution in [3.63, 3.8) is 0 Å². The quantitative estimate of drug-likeness (QED) is 0.385. The highest BCUT2D eigenvalue weighted by Gasteiger charge is 2.21. The summed E-state index contributed by atoms with van der Waals surface area (Å²) < 4.78 is 1.03. The lowest BCUT2D eigenvalue weighted by Gasteiger charge is -2.20. The number of carbonyl (C=O) groups excluding carboxylic acids is 1. The maximum absolute atomic E-state index is 11.9. The number of nitrogens with zero attached hydrogens (tertiary/aromatic N) is 2. The Balaban J connectivity index is 2.64. The summed E-state index contributed by atoms with van der Waals surface area (Å²) in [6, 6.07) is 1.96. The van der Waals surface area contributed by atoms with Crippen molar-refractivity contribution < 1.29 is 10.0 Å². The summed E-state index contributed by atoms with van der Waals surface area (Å²) >= 11 is 4.93. The Labute approximate surface area is 112 Å². The lowest BCUT2D eigenvalue weighted by atomic mass is 10.1. The van der Waals surface area contributed by atoms with Crippen molar-refractivity contribution in [2.75, 3.05) is 7.05 Å². The summed E-state index contributed by atoms with van der Waals surface area (Å²) in [6.45, 7) is 2.11. The molecule has 0 aliphatic carbocycles. The van der Waals surface area contributed by atoms with E-state index in [9.17, 15) is 4.79 Å². The van der Waals surface area contributed by atoms with Crippen molar-refractivity contribution in [3.05, 3.63) is 20.8 Å². The van der Waals surface area contributed by atoms with Crippen LogP contribution < -0.4 is 5.73 Å². The fourth-order valence-corrected chi connectivity index (χ4v) is 2.52. The molecule has 1 aromatic rings. The topological polar surface area (TPSA) is 78.9 Å². The van der Waals surface area contributed by atoms with E-state index >= 15 is 0 Å². The molecule has 94 valence electrons. The van der Waals surface area contributed by atoms with Gasteiger partial charge in [-0.1, -0.05) is 5.16 Å². The highest BCUT2D eigenvalue weighted by atomic mass is 79.9. The van der Waals surface area contributed by atoms with Gasteiger partial charge in [0.05, 0.1) is 9.70 Å². The number of thiophene rings is 1. The zero-order valence-corrected chi connectivity index (χ0v) is 12.0. The van der Waals surface area contributed by atoms with Crippen molar-refractivity contribution in [2.24, 2.45) is 16.8 Å². The Morgan fingerprint density at radius 1 is 1.76 bits per heavy atom. The molecule has 7 heteroatoms. The molecule has 0 spiro atoms. The van der Waals surface area contributed by atoms with E-state index in [0.717, 1.165) is 9.35 Å². The molecule has 0 fully saturated rings. The SMILES string of the molecule is CC(C(=O)N(C)Cc1csc(Br)c1)C(N)=NO.